The number of ketones is 1. The normalized spacial score (nSPS) is 10.3. The molecule has 2 aromatic heterocycles. The first-order valence-electron chi connectivity index (χ1n) is 6.35. The van der Waals surface area contributed by atoms with Gasteiger partial charge in [-0.05, 0) is 31.2 Å². The molecule has 0 aliphatic carbocycles. The molecule has 0 saturated carbocycles. The lowest BCUT2D eigenvalue weighted by Gasteiger charge is -2.03. The number of rotatable bonds is 4. The highest BCUT2D eigenvalue weighted by Crippen LogP contribution is 2.20. The molecule has 0 N–H and O–H groups in total. The summed E-state index contributed by atoms with van der Waals surface area (Å²) in [5.74, 6) is 0.0800. The highest BCUT2D eigenvalue weighted by molar-refractivity contribution is 5.96. The predicted octanol–water partition coefficient (Wildman–Crippen LogP) is 2.66. The van der Waals surface area contributed by atoms with Gasteiger partial charge in [0.1, 0.15) is 6.33 Å². The number of hydrogen-bond donors (Lipinski definition) is 0. The number of carbonyl (C=O) groups excluding carboxylic acids is 1. The maximum atomic E-state index is 11.5. The molecular weight excluding hydrogens is 268 g/mol. The molecule has 3 rings (SSSR count). The zero-order valence-corrected chi connectivity index (χ0v) is 11.3. The van der Waals surface area contributed by atoms with Gasteiger partial charge in [0.15, 0.2) is 5.78 Å². The SMILES string of the molecule is CC(=O)c1cccnc1Oc1ncn(-c2ccccc2)n1. The largest absolute Gasteiger partial charge is 0.403 e. The van der Waals surface area contributed by atoms with Gasteiger partial charge in [0.25, 0.3) is 0 Å². The van der Waals surface area contributed by atoms with Crippen LogP contribution in [0.15, 0.2) is 55.0 Å². The van der Waals surface area contributed by atoms with E-state index >= 15 is 0 Å². The zero-order valence-electron chi connectivity index (χ0n) is 11.3. The molecule has 1 aromatic carbocycles. The zero-order chi connectivity index (χ0) is 14.7. The number of benzene rings is 1. The minimum absolute atomic E-state index is 0.124. The second-order valence-corrected chi connectivity index (χ2v) is 4.32. The van der Waals surface area contributed by atoms with Crippen LogP contribution in [0, 0.1) is 0 Å². The van der Waals surface area contributed by atoms with Gasteiger partial charge in [-0.25, -0.2) is 9.67 Å². The quantitative estimate of drug-likeness (QED) is 0.687. The van der Waals surface area contributed by atoms with Crippen molar-refractivity contribution in [3.05, 3.63) is 60.6 Å². The van der Waals surface area contributed by atoms with E-state index in [1.54, 1.807) is 29.3 Å². The topological polar surface area (TPSA) is 69.9 Å². The molecule has 0 atom stereocenters. The van der Waals surface area contributed by atoms with Gasteiger partial charge >= 0.3 is 6.01 Å². The number of para-hydroxylation sites is 1. The van der Waals surface area contributed by atoms with Crippen molar-refractivity contribution < 1.29 is 9.53 Å². The minimum Gasteiger partial charge on any atom is -0.403 e. The van der Waals surface area contributed by atoms with Crippen LogP contribution in [0.1, 0.15) is 17.3 Å². The highest BCUT2D eigenvalue weighted by Gasteiger charge is 2.12. The summed E-state index contributed by atoms with van der Waals surface area (Å²) in [6.45, 7) is 1.46. The highest BCUT2D eigenvalue weighted by atomic mass is 16.5. The third-order valence-electron chi connectivity index (χ3n) is 2.83. The van der Waals surface area contributed by atoms with Crippen molar-refractivity contribution in [1.29, 1.82) is 0 Å². The molecule has 0 aliphatic rings. The Hall–Kier alpha value is -3.02. The number of Topliss-reactive ketones (excluding diaryl/α,β-unsaturated/α-hetero) is 1. The van der Waals surface area contributed by atoms with E-state index in [4.69, 9.17) is 4.74 Å². The van der Waals surface area contributed by atoms with Gasteiger partial charge < -0.3 is 4.74 Å². The Kier molecular flexibility index (Phi) is 3.42. The number of pyridine rings is 1. The number of carbonyl (C=O) groups is 1. The lowest BCUT2D eigenvalue weighted by molar-refractivity contribution is 0.101. The van der Waals surface area contributed by atoms with E-state index in [0.717, 1.165) is 5.69 Å². The summed E-state index contributed by atoms with van der Waals surface area (Å²) in [6, 6.07) is 13.0. The third kappa shape index (κ3) is 2.79. The van der Waals surface area contributed by atoms with Crippen molar-refractivity contribution >= 4 is 5.78 Å². The predicted molar refractivity (Wildman–Crippen MR) is 75.7 cm³/mol. The maximum Gasteiger partial charge on any atom is 0.342 e. The summed E-state index contributed by atoms with van der Waals surface area (Å²) < 4.78 is 7.09. The van der Waals surface area contributed by atoms with Crippen LogP contribution in [-0.2, 0) is 0 Å². The summed E-state index contributed by atoms with van der Waals surface area (Å²) in [6.07, 6.45) is 3.09. The van der Waals surface area contributed by atoms with Crippen molar-refractivity contribution in [2.24, 2.45) is 0 Å². The molecular formula is C15H12N4O2. The Morgan fingerprint density at radius 3 is 2.67 bits per heavy atom. The van der Waals surface area contributed by atoms with Gasteiger partial charge in [-0.3, -0.25) is 4.79 Å². The lowest BCUT2D eigenvalue weighted by Crippen LogP contribution is -2.00. The van der Waals surface area contributed by atoms with Gasteiger partial charge in [-0.1, -0.05) is 18.2 Å². The number of aromatic nitrogens is 4. The maximum absolute atomic E-state index is 11.5. The molecule has 6 heteroatoms. The van der Waals surface area contributed by atoms with Crippen molar-refractivity contribution in [3.63, 3.8) is 0 Å². The summed E-state index contributed by atoms with van der Waals surface area (Å²) in [7, 11) is 0. The van der Waals surface area contributed by atoms with Crippen molar-refractivity contribution in [3.8, 4) is 17.6 Å². The van der Waals surface area contributed by atoms with Gasteiger partial charge in [0.2, 0.25) is 5.88 Å². The number of hydrogen-bond acceptors (Lipinski definition) is 5. The second-order valence-electron chi connectivity index (χ2n) is 4.32. The molecule has 0 unspecified atom stereocenters. The fourth-order valence-corrected chi connectivity index (χ4v) is 1.83. The van der Waals surface area contributed by atoms with Crippen molar-refractivity contribution in [1.82, 2.24) is 19.7 Å². The molecule has 0 aliphatic heterocycles. The average molecular weight is 280 g/mol. The monoisotopic (exact) mass is 280 g/mol. The Labute approximate surface area is 121 Å². The Balaban J connectivity index is 1.87. The van der Waals surface area contributed by atoms with E-state index in [1.807, 2.05) is 30.3 Å². The Morgan fingerprint density at radius 2 is 1.90 bits per heavy atom. The third-order valence-corrected chi connectivity index (χ3v) is 2.83. The van der Waals surface area contributed by atoms with Gasteiger partial charge in [-0.15, -0.1) is 5.10 Å². The smallest absolute Gasteiger partial charge is 0.342 e. The molecule has 0 spiro atoms. The van der Waals surface area contributed by atoms with Crippen LogP contribution in [0.25, 0.3) is 5.69 Å². The molecule has 3 aromatic rings. The minimum atomic E-state index is -0.124. The average Bonchev–Trinajstić information content (AvgIpc) is 2.97. The van der Waals surface area contributed by atoms with Crippen molar-refractivity contribution in [2.45, 2.75) is 6.92 Å². The summed E-state index contributed by atoms with van der Waals surface area (Å²) in [5, 5.41) is 4.21. The molecule has 0 amide bonds. The summed E-state index contributed by atoms with van der Waals surface area (Å²) in [4.78, 5) is 19.6. The van der Waals surface area contributed by atoms with E-state index < -0.39 is 0 Å². The summed E-state index contributed by atoms with van der Waals surface area (Å²) in [5.41, 5.74) is 1.27. The van der Waals surface area contributed by atoms with Gasteiger partial charge in [0.05, 0.1) is 11.3 Å². The molecule has 0 bridgehead atoms. The van der Waals surface area contributed by atoms with Gasteiger partial charge in [-0.2, -0.15) is 4.98 Å². The number of nitrogens with zero attached hydrogens (tertiary/aromatic N) is 4. The Bertz CT molecular complexity index is 768. The fraction of sp³-hybridized carbons (Fsp3) is 0.0667. The van der Waals surface area contributed by atoms with Crippen LogP contribution in [0.4, 0.5) is 0 Å². The van der Waals surface area contributed by atoms with Crippen LogP contribution in [-0.4, -0.2) is 25.5 Å². The van der Waals surface area contributed by atoms with E-state index in [1.165, 1.54) is 6.92 Å². The van der Waals surface area contributed by atoms with Crippen LogP contribution < -0.4 is 4.74 Å². The van der Waals surface area contributed by atoms with E-state index in [2.05, 4.69) is 15.1 Å². The summed E-state index contributed by atoms with van der Waals surface area (Å²) >= 11 is 0. The first kappa shape index (κ1) is 13.0. The standard InChI is InChI=1S/C15H12N4O2/c1-11(20)13-8-5-9-16-14(13)21-15-17-10-19(18-15)12-6-3-2-4-7-12/h2-10H,1H3. The van der Waals surface area contributed by atoms with Crippen LogP contribution in [0.3, 0.4) is 0 Å². The van der Waals surface area contributed by atoms with E-state index in [0.29, 0.717) is 5.56 Å². The van der Waals surface area contributed by atoms with Crippen molar-refractivity contribution in [2.75, 3.05) is 0 Å². The molecule has 6 nitrogen and oxygen atoms in total. The van der Waals surface area contributed by atoms with E-state index in [9.17, 15) is 4.79 Å². The molecule has 0 fully saturated rings. The second kappa shape index (κ2) is 5.54. The Morgan fingerprint density at radius 1 is 1.10 bits per heavy atom. The molecule has 104 valence electrons. The molecule has 2 heterocycles. The lowest BCUT2D eigenvalue weighted by atomic mass is 10.2. The van der Waals surface area contributed by atoms with Crippen LogP contribution in [0.5, 0.6) is 11.9 Å². The van der Waals surface area contributed by atoms with Gasteiger partial charge in [0, 0.05) is 6.20 Å². The number of ether oxygens (including phenoxy) is 1. The van der Waals surface area contributed by atoms with E-state index in [-0.39, 0.29) is 17.7 Å². The first-order chi connectivity index (χ1) is 10.2. The van der Waals surface area contributed by atoms with Crippen LogP contribution in [0.2, 0.25) is 0 Å². The van der Waals surface area contributed by atoms with Crippen LogP contribution >= 0.6 is 0 Å². The fourth-order valence-electron chi connectivity index (χ4n) is 1.83. The molecule has 0 radical (unpaired) electrons. The molecule has 0 saturated heterocycles. The molecule has 21 heavy (non-hydrogen) atoms. The first-order valence-corrected chi connectivity index (χ1v) is 6.35.